The predicted molar refractivity (Wildman–Crippen MR) is 91.6 cm³/mol. The van der Waals surface area contributed by atoms with Crippen molar-refractivity contribution in [2.75, 3.05) is 0 Å². The third-order valence-corrected chi connectivity index (χ3v) is 4.56. The SMILES string of the molecule is CC[C@@H]([C@@H](C)OP(=O)(O)O)n1ncn(-c2ccc(C(C)C)cn2)c1=O. The molecule has 2 heterocycles. The smallest absolute Gasteiger partial charge is 0.303 e. The largest absolute Gasteiger partial charge is 0.469 e. The number of phosphoric ester groups is 1. The highest BCUT2D eigenvalue weighted by Gasteiger charge is 2.28. The van der Waals surface area contributed by atoms with Crippen LogP contribution in [0.2, 0.25) is 0 Å². The standard InChI is InChI=1S/C15H23N4O5P/c1-5-13(11(4)24-25(21,22)23)19-15(20)18(9-17-19)14-7-6-12(8-16-14)10(2)3/h6-11,13H,5H2,1-4H3,(H2,21,22,23)/t11-,13+/m1/s1. The van der Waals surface area contributed by atoms with Gasteiger partial charge in [0.1, 0.15) is 12.1 Å². The zero-order valence-corrected chi connectivity index (χ0v) is 15.5. The van der Waals surface area contributed by atoms with Gasteiger partial charge in [0.2, 0.25) is 0 Å². The second-order valence-electron chi connectivity index (χ2n) is 6.11. The van der Waals surface area contributed by atoms with Crippen molar-refractivity contribution >= 4 is 7.82 Å². The molecule has 0 aliphatic carbocycles. The number of nitrogens with zero attached hydrogens (tertiary/aromatic N) is 4. The van der Waals surface area contributed by atoms with Crippen molar-refractivity contribution in [3.05, 3.63) is 40.7 Å². The van der Waals surface area contributed by atoms with Crippen LogP contribution in [0.25, 0.3) is 5.82 Å². The third-order valence-electron chi connectivity index (χ3n) is 3.96. The van der Waals surface area contributed by atoms with E-state index in [2.05, 4.69) is 23.9 Å². The maximum atomic E-state index is 12.6. The quantitative estimate of drug-likeness (QED) is 0.715. The summed E-state index contributed by atoms with van der Waals surface area (Å²) < 4.78 is 18.2. The average Bonchev–Trinajstić information content (AvgIpc) is 2.88. The molecule has 2 N–H and O–H groups in total. The summed E-state index contributed by atoms with van der Waals surface area (Å²) in [6.07, 6.45) is 2.58. The van der Waals surface area contributed by atoms with E-state index in [1.807, 2.05) is 6.07 Å². The molecular weight excluding hydrogens is 347 g/mol. The Kier molecular flexibility index (Phi) is 5.95. The van der Waals surface area contributed by atoms with Gasteiger partial charge >= 0.3 is 13.5 Å². The van der Waals surface area contributed by atoms with Gasteiger partial charge in [0.25, 0.3) is 0 Å². The predicted octanol–water partition coefficient (Wildman–Crippen LogP) is 2.00. The molecule has 0 aromatic carbocycles. The summed E-state index contributed by atoms with van der Waals surface area (Å²) in [7, 11) is -4.65. The normalized spacial score (nSPS) is 14.7. The molecule has 25 heavy (non-hydrogen) atoms. The van der Waals surface area contributed by atoms with E-state index in [0.29, 0.717) is 18.2 Å². The van der Waals surface area contributed by atoms with Crippen LogP contribution in [0.1, 0.15) is 51.6 Å². The van der Waals surface area contributed by atoms with Gasteiger partial charge in [-0.1, -0.05) is 26.8 Å². The zero-order valence-electron chi connectivity index (χ0n) is 14.6. The molecule has 2 atom stereocenters. The third kappa shape index (κ3) is 4.64. The van der Waals surface area contributed by atoms with Gasteiger partial charge < -0.3 is 9.79 Å². The van der Waals surface area contributed by atoms with E-state index in [4.69, 9.17) is 14.3 Å². The lowest BCUT2D eigenvalue weighted by molar-refractivity contribution is 0.0962. The lowest BCUT2D eigenvalue weighted by Gasteiger charge is -2.22. The number of phosphoric acid groups is 1. The van der Waals surface area contributed by atoms with Crippen molar-refractivity contribution in [3.63, 3.8) is 0 Å². The second kappa shape index (κ2) is 7.61. The molecule has 2 rings (SSSR count). The summed E-state index contributed by atoms with van der Waals surface area (Å²) in [6, 6.07) is 3.02. The first-order valence-electron chi connectivity index (χ1n) is 8.00. The Morgan fingerprint density at radius 1 is 1.28 bits per heavy atom. The number of aromatic nitrogens is 4. The lowest BCUT2D eigenvalue weighted by atomic mass is 10.1. The molecule has 0 spiro atoms. The van der Waals surface area contributed by atoms with E-state index in [1.54, 1.807) is 19.2 Å². The molecule has 0 fully saturated rings. The first-order chi connectivity index (χ1) is 11.6. The molecule has 2 aromatic heterocycles. The Balaban J connectivity index is 2.33. The van der Waals surface area contributed by atoms with Gasteiger partial charge in [-0.15, -0.1) is 0 Å². The van der Waals surface area contributed by atoms with Crippen LogP contribution in [0.15, 0.2) is 29.5 Å². The summed E-state index contributed by atoms with van der Waals surface area (Å²) in [5.74, 6) is 0.759. The van der Waals surface area contributed by atoms with Crippen molar-refractivity contribution in [2.24, 2.45) is 0 Å². The van der Waals surface area contributed by atoms with Gasteiger partial charge in [-0.2, -0.15) is 5.10 Å². The van der Waals surface area contributed by atoms with Gasteiger partial charge in [-0.3, -0.25) is 4.52 Å². The lowest BCUT2D eigenvalue weighted by Crippen LogP contribution is -2.33. The fourth-order valence-corrected chi connectivity index (χ4v) is 3.15. The molecular formula is C15H23N4O5P. The molecule has 9 nitrogen and oxygen atoms in total. The van der Waals surface area contributed by atoms with Crippen molar-refractivity contribution in [3.8, 4) is 5.82 Å². The number of hydrogen-bond acceptors (Lipinski definition) is 5. The van der Waals surface area contributed by atoms with E-state index >= 15 is 0 Å². The minimum absolute atomic E-state index is 0.330. The molecule has 138 valence electrons. The van der Waals surface area contributed by atoms with Gasteiger partial charge in [-0.25, -0.2) is 23.6 Å². The molecule has 0 saturated heterocycles. The zero-order chi connectivity index (χ0) is 18.8. The maximum absolute atomic E-state index is 12.6. The van der Waals surface area contributed by atoms with E-state index in [-0.39, 0.29) is 0 Å². The fourth-order valence-electron chi connectivity index (χ4n) is 2.57. The monoisotopic (exact) mass is 370 g/mol. The highest BCUT2D eigenvalue weighted by atomic mass is 31.2. The van der Waals surface area contributed by atoms with Crippen LogP contribution in [0.3, 0.4) is 0 Å². The molecule has 10 heteroatoms. The highest BCUT2D eigenvalue weighted by molar-refractivity contribution is 7.46. The number of hydrogen-bond donors (Lipinski definition) is 2. The van der Waals surface area contributed by atoms with Crippen molar-refractivity contribution in [1.29, 1.82) is 0 Å². The molecule has 2 aromatic rings. The fraction of sp³-hybridized carbons (Fsp3) is 0.533. The minimum Gasteiger partial charge on any atom is -0.303 e. The van der Waals surface area contributed by atoms with Crippen molar-refractivity contribution < 1.29 is 18.9 Å². The number of rotatable bonds is 7. The Morgan fingerprint density at radius 2 is 1.96 bits per heavy atom. The van der Waals surface area contributed by atoms with Gasteiger partial charge in [0.05, 0.1) is 12.1 Å². The summed E-state index contributed by atoms with van der Waals surface area (Å²) in [4.78, 5) is 34.9. The van der Waals surface area contributed by atoms with Crippen LogP contribution in [0, 0.1) is 0 Å². The van der Waals surface area contributed by atoms with Crippen molar-refractivity contribution in [2.45, 2.75) is 52.2 Å². The molecule has 0 unspecified atom stereocenters. The molecule has 0 radical (unpaired) electrons. The van der Waals surface area contributed by atoms with Crippen LogP contribution in [-0.4, -0.2) is 35.2 Å². The summed E-state index contributed by atoms with van der Waals surface area (Å²) >= 11 is 0. The van der Waals surface area contributed by atoms with Gasteiger partial charge in [0, 0.05) is 6.20 Å². The Morgan fingerprint density at radius 3 is 2.44 bits per heavy atom. The van der Waals surface area contributed by atoms with Crippen LogP contribution in [0.4, 0.5) is 0 Å². The molecule has 0 bridgehead atoms. The first-order valence-corrected chi connectivity index (χ1v) is 9.53. The first kappa shape index (κ1) is 19.5. The van der Waals surface area contributed by atoms with Crippen LogP contribution >= 0.6 is 7.82 Å². The summed E-state index contributed by atoms with van der Waals surface area (Å²) in [5, 5.41) is 4.07. The second-order valence-corrected chi connectivity index (χ2v) is 7.30. The van der Waals surface area contributed by atoms with Crippen molar-refractivity contribution in [1.82, 2.24) is 19.3 Å². The minimum atomic E-state index is -4.65. The summed E-state index contributed by atoms with van der Waals surface area (Å²) in [5.41, 5.74) is 0.608. The van der Waals surface area contributed by atoms with E-state index in [1.165, 1.54) is 22.5 Å². The topological polar surface area (TPSA) is 119 Å². The van der Waals surface area contributed by atoms with E-state index < -0.39 is 25.7 Å². The maximum Gasteiger partial charge on any atom is 0.469 e. The number of pyridine rings is 1. The Hall–Kier alpha value is -1.80. The summed E-state index contributed by atoms with van der Waals surface area (Å²) in [6.45, 7) is 7.38. The molecule has 0 amide bonds. The van der Waals surface area contributed by atoms with Gasteiger partial charge in [-0.05, 0) is 30.9 Å². The Bertz CT molecular complexity index is 808. The van der Waals surface area contributed by atoms with Gasteiger partial charge in [0.15, 0.2) is 0 Å². The molecule has 0 aliphatic rings. The highest BCUT2D eigenvalue weighted by Crippen LogP contribution is 2.40. The van der Waals surface area contributed by atoms with Crippen LogP contribution < -0.4 is 5.69 Å². The average molecular weight is 370 g/mol. The molecule has 0 saturated carbocycles. The Labute approximate surface area is 145 Å². The van der Waals surface area contributed by atoms with Crippen LogP contribution in [-0.2, 0) is 9.09 Å². The molecule has 0 aliphatic heterocycles. The van der Waals surface area contributed by atoms with Crippen LogP contribution in [0.5, 0.6) is 0 Å². The van der Waals surface area contributed by atoms with E-state index in [0.717, 1.165) is 5.56 Å². The van der Waals surface area contributed by atoms with E-state index in [9.17, 15) is 9.36 Å².